The molecule has 5 fully saturated rings. The standard InChI is InChI=1S/C22H28N2O3/c1-4-13-11-24-17-10-21-15-7-5-6-8-16(15)23(3)22(21,26)18(24)9-14(13)19(17)20(21)27-12(2)25/h5-8,13-14,17-20,26H,4,9-11H2,1-3H3. The fourth-order valence-corrected chi connectivity index (χ4v) is 8.07. The molecular formula is C22H28N2O3. The number of rotatable bonds is 2. The van der Waals surface area contributed by atoms with Crippen molar-refractivity contribution in [2.24, 2.45) is 17.8 Å². The third kappa shape index (κ3) is 1.53. The van der Waals surface area contributed by atoms with E-state index in [4.69, 9.17) is 4.74 Å². The van der Waals surface area contributed by atoms with Crippen LogP contribution in [0.2, 0.25) is 0 Å². The summed E-state index contributed by atoms with van der Waals surface area (Å²) < 4.78 is 6.12. The van der Waals surface area contributed by atoms with Gasteiger partial charge in [0.1, 0.15) is 6.10 Å². The van der Waals surface area contributed by atoms with E-state index in [0.717, 1.165) is 31.5 Å². The molecule has 1 aliphatic carbocycles. The Bertz CT molecular complexity index is 843. The van der Waals surface area contributed by atoms with Crippen LogP contribution in [-0.2, 0) is 14.9 Å². The van der Waals surface area contributed by atoms with E-state index in [0.29, 0.717) is 23.8 Å². The monoisotopic (exact) mass is 368 g/mol. The van der Waals surface area contributed by atoms with Gasteiger partial charge in [-0.2, -0.15) is 0 Å². The van der Waals surface area contributed by atoms with Crippen molar-refractivity contribution in [3.8, 4) is 0 Å². The molecule has 1 N–H and O–H groups in total. The summed E-state index contributed by atoms with van der Waals surface area (Å²) in [5.41, 5.74) is 0.733. The van der Waals surface area contributed by atoms with Crippen LogP contribution in [-0.4, -0.2) is 53.5 Å². The second kappa shape index (κ2) is 4.87. The first kappa shape index (κ1) is 16.4. The van der Waals surface area contributed by atoms with Crippen molar-refractivity contribution in [2.75, 3.05) is 18.5 Å². The van der Waals surface area contributed by atoms with Gasteiger partial charge in [-0.25, -0.2) is 0 Å². The number of para-hydroxylation sites is 1. The third-order valence-corrected chi connectivity index (χ3v) is 8.87. The Morgan fingerprint density at radius 3 is 2.89 bits per heavy atom. The number of likely N-dealkylation sites (N-methyl/N-ethyl adjacent to an activating group) is 1. The molecule has 144 valence electrons. The number of hydrogen-bond acceptors (Lipinski definition) is 5. The number of hydrogen-bond donors (Lipinski definition) is 1. The third-order valence-electron chi connectivity index (χ3n) is 8.87. The Balaban J connectivity index is 1.63. The number of ether oxygens (including phenoxy) is 1. The van der Waals surface area contributed by atoms with Crippen LogP contribution in [0.5, 0.6) is 0 Å². The first-order chi connectivity index (χ1) is 12.9. The summed E-state index contributed by atoms with van der Waals surface area (Å²) in [4.78, 5) is 16.9. The molecule has 5 heteroatoms. The van der Waals surface area contributed by atoms with Crippen molar-refractivity contribution in [3.63, 3.8) is 0 Å². The van der Waals surface area contributed by atoms with Gasteiger partial charge in [0.25, 0.3) is 0 Å². The van der Waals surface area contributed by atoms with E-state index in [1.54, 1.807) is 0 Å². The number of carbonyl (C=O) groups is 1. The zero-order valence-electron chi connectivity index (χ0n) is 16.3. The second-order valence-corrected chi connectivity index (χ2v) is 9.43. The topological polar surface area (TPSA) is 53.0 Å². The Kier molecular flexibility index (Phi) is 2.95. The molecule has 0 amide bonds. The molecule has 9 atom stereocenters. The van der Waals surface area contributed by atoms with Gasteiger partial charge in [0.2, 0.25) is 0 Å². The molecule has 0 radical (unpaired) electrons. The fourth-order valence-electron chi connectivity index (χ4n) is 8.07. The number of carbonyl (C=O) groups excluding carboxylic acids is 1. The molecule has 1 aromatic rings. The Hall–Kier alpha value is -1.59. The Morgan fingerprint density at radius 2 is 2.15 bits per heavy atom. The Morgan fingerprint density at radius 1 is 1.37 bits per heavy atom. The van der Waals surface area contributed by atoms with Gasteiger partial charge in [-0.3, -0.25) is 9.69 Å². The normalized spacial score (nSPS) is 50.7. The van der Waals surface area contributed by atoms with Crippen LogP contribution in [0.1, 0.15) is 38.7 Å². The minimum Gasteiger partial charge on any atom is -0.461 e. The zero-order valence-corrected chi connectivity index (χ0v) is 16.3. The lowest BCUT2D eigenvalue weighted by Gasteiger charge is -2.63. The minimum absolute atomic E-state index is 0.109. The number of benzene rings is 1. The van der Waals surface area contributed by atoms with Crippen LogP contribution < -0.4 is 4.90 Å². The van der Waals surface area contributed by atoms with Gasteiger partial charge in [0.15, 0.2) is 5.72 Å². The first-order valence-electron chi connectivity index (χ1n) is 10.4. The van der Waals surface area contributed by atoms with Crippen LogP contribution >= 0.6 is 0 Å². The number of aliphatic hydroxyl groups is 1. The van der Waals surface area contributed by atoms with Crippen molar-refractivity contribution in [3.05, 3.63) is 29.8 Å². The van der Waals surface area contributed by atoms with Crippen LogP contribution in [0.15, 0.2) is 24.3 Å². The van der Waals surface area contributed by atoms with Crippen molar-refractivity contribution in [2.45, 2.75) is 62.4 Å². The SMILES string of the molecule is CCC1CN2C3CC45c6ccccc6N(C)C4(O)C2CC1C3C5OC(C)=O. The van der Waals surface area contributed by atoms with E-state index in [-0.39, 0.29) is 18.1 Å². The molecule has 4 saturated heterocycles. The maximum atomic E-state index is 12.4. The highest BCUT2D eigenvalue weighted by Crippen LogP contribution is 2.71. The predicted molar refractivity (Wildman–Crippen MR) is 101 cm³/mol. The van der Waals surface area contributed by atoms with E-state index in [9.17, 15) is 9.90 Å². The lowest BCUT2D eigenvalue weighted by molar-refractivity contribution is -0.179. The molecule has 5 aliphatic heterocycles. The molecule has 1 saturated carbocycles. The number of piperidine rings is 4. The first-order valence-corrected chi connectivity index (χ1v) is 10.4. The van der Waals surface area contributed by atoms with Gasteiger partial charge in [-0.15, -0.1) is 0 Å². The van der Waals surface area contributed by atoms with E-state index in [1.807, 2.05) is 13.1 Å². The lowest BCUT2D eigenvalue weighted by Crippen LogP contribution is -2.76. The average Bonchev–Trinajstić information content (AvgIpc) is 3.07. The highest BCUT2D eigenvalue weighted by molar-refractivity contribution is 5.71. The maximum Gasteiger partial charge on any atom is 0.302 e. The number of fused-ring (bicyclic) bond motifs is 2. The molecule has 5 heterocycles. The molecule has 27 heavy (non-hydrogen) atoms. The molecular weight excluding hydrogens is 340 g/mol. The molecule has 5 nitrogen and oxygen atoms in total. The quantitative estimate of drug-likeness (QED) is 0.811. The zero-order chi connectivity index (χ0) is 18.7. The van der Waals surface area contributed by atoms with Crippen LogP contribution in [0.3, 0.4) is 0 Å². The molecule has 0 aromatic heterocycles. The molecule has 9 unspecified atom stereocenters. The van der Waals surface area contributed by atoms with Gasteiger partial charge in [0, 0.05) is 38.2 Å². The van der Waals surface area contributed by atoms with Gasteiger partial charge < -0.3 is 14.7 Å². The van der Waals surface area contributed by atoms with Gasteiger partial charge >= 0.3 is 5.97 Å². The van der Waals surface area contributed by atoms with Crippen LogP contribution in [0.25, 0.3) is 0 Å². The summed E-state index contributed by atoms with van der Waals surface area (Å²) in [7, 11) is 2.02. The summed E-state index contributed by atoms with van der Waals surface area (Å²) >= 11 is 0. The maximum absolute atomic E-state index is 12.4. The highest BCUT2D eigenvalue weighted by atomic mass is 16.5. The predicted octanol–water partition coefficient (Wildman–Crippen LogP) is 2.13. The van der Waals surface area contributed by atoms with Gasteiger partial charge in [-0.1, -0.05) is 31.5 Å². The highest BCUT2D eigenvalue weighted by Gasteiger charge is 2.82. The minimum atomic E-state index is -1.02. The summed E-state index contributed by atoms with van der Waals surface area (Å²) in [6, 6.07) is 8.89. The van der Waals surface area contributed by atoms with Crippen LogP contribution in [0, 0.1) is 17.8 Å². The average molecular weight is 368 g/mol. The van der Waals surface area contributed by atoms with Crippen LogP contribution in [0.4, 0.5) is 5.69 Å². The molecule has 1 spiro atoms. The van der Waals surface area contributed by atoms with Crippen molar-refractivity contribution >= 4 is 11.7 Å². The largest absolute Gasteiger partial charge is 0.461 e. The number of esters is 1. The molecule has 6 aliphatic rings. The van der Waals surface area contributed by atoms with E-state index in [1.165, 1.54) is 12.5 Å². The second-order valence-electron chi connectivity index (χ2n) is 9.43. The smallest absolute Gasteiger partial charge is 0.302 e. The summed E-state index contributed by atoms with van der Waals surface area (Å²) in [6.45, 7) is 4.87. The van der Waals surface area contributed by atoms with E-state index >= 15 is 0 Å². The summed E-state index contributed by atoms with van der Waals surface area (Å²) in [6.07, 6.45) is 2.80. The van der Waals surface area contributed by atoms with E-state index in [2.05, 4.69) is 34.9 Å². The molecule has 7 rings (SSSR count). The van der Waals surface area contributed by atoms with Crippen molar-refractivity contribution < 1.29 is 14.6 Å². The Labute approximate surface area is 160 Å². The molecule has 1 aromatic carbocycles. The lowest BCUT2D eigenvalue weighted by atomic mass is 9.62. The summed E-state index contributed by atoms with van der Waals surface area (Å²) in [5, 5.41) is 12.4. The van der Waals surface area contributed by atoms with Gasteiger partial charge in [0.05, 0.1) is 11.5 Å². The number of anilines is 1. The van der Waals surface area contributed by atoms with E-state index < -0.39 is 11.1 Å². The fraction of sp³-hybridized carbons (Fsp3) is 0.682. The number of nitrogens with zero attached hydrogens (tertiary/aromatic N) is 2. The molecule has 5 bridgehead atoms. The van der Waals surface area contributed by atoms with Crippen molar-refractivity contribution in [1.29, 1.82) is 0 Å². The van der Waals surface area contributed by atoms with Crippen molar-refractivity contribution in [1.82, 2.24) is 4.90 Å². The van der Waals surface area contributed by atoms with Gasteiger partial charge in [-0.05, 0) is 36.3 Å². The summed E-state index contributed by atoms with van der Waals surface area (Å²) in [5.74, 6) is 1.28.